The van der Waals surface area contributed by atoms with Crippen molar-refractivity contribution in [2.75, 3.05) is 31.2 Å². The Balaban J connectivity index is 1.74. The van der Waals surface area contributed by atoms with Gasteiger partial charge in [-0.15, -0.1) is 0 Å². The number of hydrogen-bond donors (Lipinski definition) is 1. The molecule has 1 aromatic heterocycles. The minimum absolute atomic E-state index is 0.0247. The number of aliphatic hydroxyl groups excluding tert-OH is 1. The minimum atomic E-state index is -0.200. The lowest BCUT2D eigenvalue weighted by atomic mass is 10.1. The fourth-order valence-electron chi connectivity index (χ4n) is 3.51. The number of ether oxygens (including phenoxy) is 1. The van der Waals surface area contributed by atoms with Crippen molar-refractivity contribution < 1.29 is 14.2 Å². The van der Waals surface area contributed by atoms with E-state index in [4.69, 9.17) is 4.74 Å². The molecule has 4 nitrogen and oxygen atoms in total. The second kappa shape index (κ2) is 6.50. The first-order chi connectivity index (χ1) is 12.2. The van der Waals surface area contributed by atoms with Crippen molar-refractivity contribution in [1.82, 2.24) is 4.57 Å². The van der Waals surface area contributed by atoms with E-state index >= 15 is 0 Å². The van der Waals surface area contributed by atoms with Gasteiger partial charge in [-0.2, -0.15) is 0 Å². The Labute approximate surface area is 146 Å². The number of anilines is 1. The zero-order valence-electron chi connectivity index (χ0n) is 14.2. The van der Waals surface area contributed by atoms with Crippen molar-refractivity contribution in [3.05, 3.63) is 60.0 Å². The third-order valence-electron chi connectivity index (χ3n) is 4.81. The normalized spacial score (nSPS) is 18.0. The highest BCUT2D eigenvalue weighted by atomic mass is 19.1. The summed E-state index contributed by atoms with van der Waals surface area (Å²) in [6.07, 6.45) is 1.76. The number of hydrogen-bond acceptors (Lipinski definition) is 3. The van der Waals surface area contributed by atoms with Crippen molar-refractivity contribution in [1.29, 1.82) is 0 Å². The van der Waals surface area contributed by atoms with Crippen LogP contribution < -0.4 is 4.90 Å². The third-order valence-corrected chi connectivity index (χ3v) is 4.81. The van der Waals surface area contributed by atoms with Crippen molar-refractivity contribution in [2.24, 2.45) is 0 Å². The molecule has 1 saturated heterocycles. The maximum absolute atomic E-state index is 14.1. The molecule has 1 fully saturated rings. The number of halogens is 1. The quantitative estimate of drug-likeness (QED) is 0.795. The zero-order valence-corrected chi connectivity index (χ0v) is 14.2. The van der Waals surface area contributed by atoms with Gasteiger partial charge in [-0.05, 0) is 42.8 Å². The molecule has 1 N–H and O–H groups in total. The van der Waals surface area contributed by atoms with Gasteiger partial charge in [-0.3, -0.25) is 0 Å². The summed E-state index contributed by atoms with van der Waals surface area (Å²) in [5.41, 5.74) is 4.01. The van der Waals surface area contributed by atoms with Gasteiger partial charge >= 0.3 is 0 Å². The van der Waals surface area contributed by atoms with Crippen LogP contribution in [0.2, 0.25) is 0 Å². The molecule has 0 aliphatic carbocycles. The minimum Gasteiger partial charge on any atom is -0.394 e. The van der Waals surface area contributed by atoms with Crippen LogP contribution in [0, 0.1) is 12.7 Å². The molecule has 1 atom stereocenters. The lowest BCUT2D eigenvalue weighted by molar-refractivity contribution is 0.00357. The van der Waals surface area contributed by atoms with Crippen molar-refractivity contribution in [2.45, 2.75) is 13.0 Å². The SMILES string of the molecule is Cc1ccc(F)c2ccn(-c3cccc(N4CCOC(CO)C4)c3)c12. The fraction of sp³-hybridized carbons (Fsp3) is 0.300. The lowest BCUT2D eigenvalue weighted by Gasteiger charge is -2.34. The zero-order chi connectivity index (χ0) is 17.4. The second-order valence-electron chi connectivity index (χ2n) is 6.45. The van der Waals surface area contributed by atoms with Crippen LogP contribution in [0.3, 0.4) is 0 Å². The summed E-state index contributed by atoms with van der Waals surface area (Å²) in [6, 6.07) is 13.3. The molecule has 1 aliphatic heterocycles. The Hall–Kier alpha value is -2.37. The molecule has 0 bridgehead atoms. The molecule has 25 heavy (non-hydrogen) atoms. The van der Waals surface area contributed by atoms with Gasteiger partial charge in [0.15, 0.2) is 0 Å². The van der Waals surface area contributed by atoms with Gasteiger partial charge in [0.05, 0.1) is 24.8 Å². The van der Waals surface area contributed by atoms with Gasteiger partial charge in [-0.25, -0.2) is 4.39 Å². The van der Waals surface area contributed by atoms with Crippen LogP contribution in [0.5, 0.6) is 0 Å². The highest BCUT2D eigenvalue weighted by Crippen LogP contribution is 2.28. The molecular weight excluding hydrogens is 319 g/mol. The van der Waals surface area contributed by atoms with Gasteiger partial charge in [0.2, 0.25) is 0 Å². The van der Waals surface area contributed by atoms with E-state index in [1.54, 1.807) is 0 Å². The Bertz CT molecular complexity index is 906. The van der Waals surface area contributed by atoms with Gasteiger partial charge in [0.1, 0.15) is 5.82 Å². The molecule has 4 rings (SSSR count). The summed E-state index contributed by atoms with van der Waals surface area (Å²) >= 11 is 0. The smallest absolute Gasteiger partial charge is 0.132 e. The Kier molecular flexibility index (Phi) is 4.19. The largest absolute Gasteiger partial charge is 0.394 e. The summed E-state index contributed by atoms with van der Waals surface area (Å²) < 4.78 is 21.6. The molecular formula is C20H21FN2O2. The van der Waals surface area contributed by atoms with Crippen molar-refractivity contribution in [3.8, 4) is 5.69 Å². The van der Waals surface area contributed by atoms with Crippen LogP contribution in [-0.4, -0.2) is 42.1 Å². The predicted molar refractivity (Wildman–Crippen MR) is 97.0 cm³/mol. The van der Waals surface area contributed by atoms with E-state index in [1.165, 1.54) is 6.07 Å². The number of morpholine rings is 1. The van der Waals surface area contributed by atoms with E-state index in [0.29, 0.717) is 18.5 Å². The van der Waals surface area contributed by atoms with E-state index in [0.717, 1.165) is 29.0 Å². The molecule has 0 amide bonds. The lowest BCUT2D eigenvalue weighted by Crippen LogP contribution is -2.44. The molecule has 2 aromatic carbocycles. The molecule has 0 radical (unpaired) electrons. The van der Waals surface area contributed by atoms with E-state index in [-0.39, 0.29) is 18.5 Å². The monoisotopic (exact) mass is 340 g/mol. The summed E-state index contributed by atoms with van der Waals surface area (Å²) in [7, 11) is 0. The number of rotatable bonds is 3. The predicted octanol–water partition coefficient (Wildman–Crippen LogP) is 3.28. The maximum Gasteiger partial charge on any atom is 0.132 e. The van der Waals surface area contributed by atoms with Crippen molar-refractivity contribution >= 4 is 16.6 Å². The fourth-order valence-corrected chi connectivity index (χ4v) is 3.51. The average molecular weight is 340 g/mol. The summed E-state index contributed by atoms with van der Waals surface area (Å²) in [5, 5.41) is 9.98. The molecule has 0 spiro atoms. The van der Waals surface area contributed by atoms with Crippen LogP contribution in [0.4, 0.5) is 10.1 Å². The standard InChI is InChI=1S/C20H21FN2O2/c1-14-5-6-19(21)18-7-8-23(20(14)18)16-4-2-3-15(11-16)22-9-10-25-17(12-22)13-24/h2-8,11,17,24H,9-10,12-13H2,1H3. The molecule has 130 valence electrons. The topological polar surface area (TPSA) is 37.6 Å². The van der Waals surface area contributed by atoms with Gasteiger partial charge in [0, 0.05) is 36.0 Å². The Morgan fingerprint density at radius 2 is 2.04 bits per heavy atom. The Morgan fingerprint density at radius 1 is 1.20 bits per heavy atom. The van der Waals surface area contributed by atoms with E-state index in [2.05, 4.69) is 17.0 Å². The molecule has 0 saturated carbocycles. The Morgan fingerprint density at radius 3 is 2.88 bits per heavy atom. The number of benzene rings is 2. The third kappa shape index (κ3) is 2.90. The van der Waals surface area contributed by atoms with E-state index < -0.39 is 0 Å². The molecule has 3 aromatic rings. The second-order valence-corrected chi connectivity index (χ2v) is 6.45. The maximum atomic E-state index is 14.1. The molecule has 5 heteroatoms. The number of aliphatic hydroxyl groups is 1. The summed E-state index contributed by atoms with van der Waals surface area (Å²) in [6.45, 7) is 4.08. The van der Waals surface area contributed by atoms with Crippen LogP contribution in [-0.2, 0) is 4.74 Å². The van der Waals surface area contributed by atoms with E-state index in [1.807, 2.05) is 42.0 Å². The van der Waals surface area contributed by atoms with Crippen LogP contribution in [0.1, 0.15) is 5.56 Å². The highest BCUT2D eigenvalue weighted by Gasteiger charge is 2.20. The van der Waals surface area contributed by atoms with Crippen molar-refractivity contribution in [3.63, 3.8) is 0 Å². The van der Waals surface area contributed by atoms with Gasteiger partial charge < -0.3 is 19.3 Å². The van der Waals surface area contributed by atoms with E-state index in [9.17, 15) is 9.50 Å². The van der Waals surface area contributed by atoms with Crippen LogP contribution >= 0.6 is 0 Å². The highest BCUT2D eigenvalue weighted by molar-refractivity contribution is 5.85. The van der Waals surface area contributed by atoms with Gasteiger partial charge in [0.25, 0.3) is 0 Å². The first-order valence-electron chi connectivity index (χ1n) is 8.51. The number of nitrogens with zero attached hydrogens (tertiary/aromatic N) is 2. The van der Waals surface area contributed by atoms with Crippen LogP contribution in [0.15, 0.2) is 48.7 Å². The average Bonchev–Trinajstić information content (AvgIpc) is 3.11. The molecule has 1 unspecified atom stereocenters. The number of fused-ring (bicyclic) bond motifs is 1. The molecule has 1 aliphatic rings. The first kappa shape index (κ1) is 16.1. The number of aromatic nitrogens is 1. The molecule has 2 heterocycles. The van der Waals surface area contributed by atoms with Gasteiger partial charge in [-0.1, -0.05) is 12.1 Å². The summed E-state index contributed by atoms with van der Waals surface area (Å²) in [4.78, 5) is 2.22. The number of aryl methyl sites for hydroxylation is 1. The summed E-state index contributed by atoms with van der Waals surface area (Å²) in [5.74, 6) is -0.200. The first-order valence-corrected chi connectivity index (χ1v) is 8.51. The van der Waals surface area contributed by atoms with Crippen LogP contribution in [0.25, 0.3) is 16.6 Å².